The first kappa shape index (κ1) is 28.1. The monoisotopic (exact) mass is 576 g/mol. The van der Waals surface area contributed by atoms with E-state index in [-0.39, 0.29) is 6.61 Å². The maximum atomic E-state index is 12.9. The first-order valence-corrected chi connectivity index (χ1v) is 14.1. The summed E-state index contributed by atoms with van der Waals surface area (Å²) in [6.45, 7) is 6.54. The number of halogens is 2. The van der Waals surface area contributed by atoms with Crippen molar-refractivity contribution < 1.29 is 19.0 Å². The largest absolute Gasteiger partial charge is 0.490 e. The highest BCUT2D eigenvalue weighted by atomic mass is 35.5. The fourth-order valence-corrected chi connectivity index (χ4v) is 5.43. The van der Waals surface area contributed by atoms with Crippen LogP contribution in [0, 0.1) is 0 Å². The number of carbonyl (C=O) groups excluding carboxylic acids is 1. The van der Waals surface area contributed by atoms with Gasteiger partial charge in [-0.25, -0.2) is 9.48 Å². The van der Waals surface area contributed by atoms with Gasteiger partial charge in [0.05, 0.1) is 19.3 Å². The second-order valence-corrected chi connectivity index (χ2v) is 10.5. The van der Waals surface area contributed by atoms with Gasteiger partial charge < -0.3 is 19.5 Å². The van der Waals surface area contributed by atoms with Gasteiger partial charge in [0.15, 0.2) is 11.5 Å². The minimum absolute atomic E-state index is 0.237. The normalized spacial score (nSPS) is 14.6. The van der Waals surface area contributed by atoms with Crippen molar-refractivity contribution >= 4 is 46.9 Å². The van der Waals surface area contributed by atoms with Crippen molar-refractivity contribution in [1.29, 1.82) is 0 Å². The van der Waals surface area contributed by atoms with Gasteiger partial charge in [-0.3, -0.25) is 0 Å². The number of aromatic nitrogens is 3. The van der Waals surface area contributed by atoms with E-state index in [1.54, 1.807) is 28.6 Å². The molecule has 0 aliphatic carbocycles. The zero-order valence-corrected chi connectivity index (χ0v) is 24.0. The summed E-state index contributed by atoms with van der Waals surface area (Å²) >= 11 is 13.9. The van der Waals surface area contributed by atoms with Crippen LogP contribution in [0.25, 0.3) is 0 Å². The summed E-state index contributed by atoms with van der Waals surface area (Å²) in [6, 6.07) is 10.3. The fraction of sp³-hybridized carbons (Fsp3) is 0.370. The highest BCUT2D eigenvalue weighted by Gasteiger charge is 2.35. The van der Waals surface area contributed by atoms with Crippen LogP contribution in [0.4, 0.5) is 5.95 Å². The lowest BCUT2D eigenvalue weighted by Gasteiger charge is -2.28. The van der Waals surface area contributed by atoms with Crippen molar-refractivity contribution in [2.24, 2.45) is 0 Å². The molecule has 11 heteroatoms. The third-order valence-electron chi connectivity index (χ3n) is 5.95. The third-order valence-corrected chi connectivity index (χ3v) is 7.46. The van der Waals surface area contributed by atoms with E-state index in [0.29, 0.717) is 50.5 Å². The molecule has 2 heterocycles. The molecule has 0 amide bonds. The lowest BCUT2D eigenvalue weighted by molar-refractivity contribution is -0.136. The number of carbonyl (C=O) groups is 1. The van der Waals surface area contributed by atoms with Gasteiger partial charge in [-0.15, -0.1) is 5.10 Å². The molecular weight excluding hydrogens is 547 g/mol. The molecule has 8 nitrogen and oxygen atoms in total. The van der Waals surface area contributed by atoms with E-state index in [9.17, 15) is 4.79 Å². The number of unbranched alkanes of at least 4 members (excludes halogenated alkanes) is 1. The molecule has 1 aromatic heterocycles. The van der Waals surface area contributed by atoms with E-state index in [4.69, 9.17) is 42.5 Å². The maximum absolute atomic E-state index is 12.9. The molecular formula is C27H30Cl2N4O4S. The molecule has 4 rings (SSSR count). The number of hydrogen-bond donors (Lipinski definition) is 1. The average molecular weight is 578 g/mol. The van der Waals surface area contributed by atoms with Crippen LogP contribution in [0.15, 0.2) is 52.8 Å². The van der Waals surface area contributed by atoms with Crippen molar-refractivity contribution in [2.45, 2.75) is 51.4 Å². The molecule has 0 saturated heterocycles. The smallest absolute Gasteiger partial charge is 0.338 e. The molecule has 3 aromatic rings. The highest BCUT2D eigenvalue weighted by Crippen LogP contribution is 2.40. The van der Waals surface area contributed by atoms with Crippen LogP contribution in [-0.4, -0.2) is 40.2 Å². The van der Waals surface area contributed by atoms with Gasteiger partial charge in [-0.2, -0.15) is 4.98 Å². The number of esters is 1. The predicted molar refractivity (Wildman–Crippen MR) is 151 cm³/mol. The molecule has 1 N–H and O–H groups in total. The first-order valence-electron chi connectivity index (χ1n) is 12.3. The predicted octanol–water partition coefficient (Wildman–Crippen LogP) is 6.92. The van der Waals surface area contributed by atoms with E-state index >= 15 is 0 Å². The van der Waals surface area contributed by atoms with E-state index in [0.717, 1.165) is 29.7 Å². The number of benzene rings is 2. The summed E-state index contributed by atoms with van der Waals surface area (Å²) < 4.78 is 18.9. The summed E-state index contributed by atoms with van der Waals surface area (Å²) in [6.07, 6.45) is 2.16. The van der Waals surface area contributed by atoms with E-state index in [1.165, 1.54) is 7.11 Å². The molecule has 0 fully saturated rings. The maximum Gasteiger partial charge on any atom is 0.338 e. The van der Waals surface area contributed by atoms with Crippen molar-refractivity contribution in [3.63, 3.8) is 0 Å². The molecule has 0 saturated carbocycles. The summed E-state index contributed by atoms with van der Waals surface area (Å²) in [5, 5.41) is 9.68. The van der Waals surface area contributed by atoms with Crippen LogP contribution in [0.2, 0.25) is 10.0 Å². The second-order valence-electron chi connectivity index (χ2n) is 8.59. The number of nitrogens with zero attached hydrogens (tertiary/aromatic N) is 3. The fourth-order valence-electron chi connectivity index (χ4n) is 4.06. The Bertz CT molecular complexity index is 1340. The van der Waals surface area contributed by atoms with Crippen LogP contribution >= 0.6 is 35.0 Å². The van der Waals surface area contributed by atoms with Gasteiger partial charge >= 0.3 is 5.97 Å². The first-order chi connectivity index (χ1) is 18.4. The summed E-state index contributed by atoms with van der Waals surface area (Å²) in [5.41, 5.74) is 2.68. The molecule has 0 radical (unpaired) electrons. The molecule has 1 unspecified atom stereocenters. The third kappa shape index (κ3) is 6.22. The van der Waals surface area contributed by atoms with Gasteiger partial charge in [0.1, 0.15) is 12.6 Å². The van der Waals surface area contributed by atoms with Gasteiger partial charge in [-0.05, 0) is 50.1 Å². The number of fused-ring (bicyclic) bond motifs is 1. The molecule has 1 aliphatic heterocycles. The zero-order chi connectivity index (χ0) is 27.2. The molecule has 0 spiro atoms. The number of anilines is 1. The van der Waals surface area contributed by atoms with Crippen molar-refractivity contribution in [3.05, 3.63) is 68.8 Å². The Morgan fingerprint density at radius 1 is 1.13 bits per heavy atom. The van der Waals surface area contributed by atoms with E-state index < -0.39 is 12.0 Å². The average Bonchev–Trinajstić information content (AvgIpc) is 3.30. The number of thioether (sulfide) groups is 1. The SMILES string of the molecule is CCCCSc1nc2n(n1)C(c1ccc(OCc3ccc(Cl)cc3Cl)c(OCC)c1)C(C(=O)OC)=C(C)N2. The van der Waals surface area contributed by atoms with Crippen molar-refractivity contribution in [2.75, 3.05) is 24.8 Å². The number of ether oxygens (including phenoxy) is 3. The van der Waals surface area contributed by atoms with Crippen molar-refractivity contribution in [1.82, 2.24) is 14.8 Å². The molecule has 1 atom stereocenters. The van der Waals surface area contributed by atoms with Gasteiger partial charge in [0.25, 0.3) is 0 Å². The summed E-state index contributed by atoms with van der Waals surface area (Å²) in [4.78, 5) is 17.6. The quantitative estimate of drug-likeness (QED) is 0.149. The lowest BCUT2D eigenvalue weighted by atomic mass is 9.95. The molecule has 1 aliphatic rings. The second kappa shape index (κ2) is 12.8. The Hall–Kier alpha value is -2.88. The number of hydrogen-bond acceptors (Lipinski definition) is 8. The van der Waals surface area contributed by atoms with Gasteiger partial charge in [-0.1, -0.05) is 60.4 Å². The van der Waals surface area contributed by atoms with Gasteiger partial charge in [0, 0.05) is 27.1 Å². The van der Waals surface area contributed by atoms with Gasteiger partial charge in [0.2, 0.25) is 11.1 Å². The topological polar surface area (TPSA) is 87.5 Å². The standard InChI is InChI=1S/C27H30Cl2N4O4S/c1-5-7-12-38-27-31-26-30-16(3)23(25(34)35-4)24(33(26)32-27)17-9-11-21(22(13-17)36-6-2)37-15-18-8-10-19(28)14-20(18)29/h8-11,13-14,24H,5-7,12,15H2,1-4H3,(H,30,31,32). The van der Waals surface area contributed by atoms with Crippen molar-refractivity contribution in [3.8, 4) is 11.5 Å². The Morgan fingerprint density at radius 3 is 2.66 bits per heavy atom. The lowest BCUT2D eigenvalue weighted by Crippen LogP contribution is -2.29. The summed E-state index contributed by atoms with van der Waals surface area (Å²) in [5.74, 6) is 2.12. The number of methoxy groups -OCH3 is 1. The van der Waals surface area contributed by atoms with Crippen LogP contribution in [0.5, 0.6) is 11.5 Å². The minimum atomic E-state index is -0.564. The number of rotatable bonds is 11. The number of nitrogens with one attached hydrogen (secondary N) is 1. The zero-order valence-electron chi connectivity index (χ0n) is 21.7. The van der Waals surface area contributed by atoms with Crippen LogP contribution in [-0.2, 0) is 16.1 Å². The van der Waals surface area contributed by atoms with Crippen LogP contribution in [0.3, 0.4) is 0 Å². The van der Waals surface area contributed by atoms with E-state index in [1.807, 2.05) is 38.1 Å². The number of allylic oxidation sites excluding steroid dienone is 1. The van der Waals surface area contributed by atoms with Crippen LogP contribution in [0.1, 0.15) is 50.8 Å². The Morgan fingerprint density at radius 2 is 1.95 bits per heavy atom. The van der Waals surface area contributed by atoms with Crippen LogP contribution < -0.4 is 14.8 Å². The highest BCUT2D eigenvalue weighted by molar-refractivity contribution is 7.99. The Labute approximate surface area is 236 Å². The van der Waals surface area contributed by atoms with E-state index in [2.05, 4.69) is 17.2 Å². The molecule has 0 bridgehead atoms. The molecule has 202 valence electrons. The molecule has 38 heavy (non-hydrogen) atoms. The summed E-state index contributed by atoms with van der Waals surface area (Å²) in [7, 11) is 1.37. The molecule has 2 aromatic carbocycles. The Balaban J connectivity index is 1.70. The Kier molecular flexibility index (Phi) is 9.46. The minimum Gasteiger partial charge on any atom is -0.490 e.